The number of methoxy groups -OCH3 is 1. The second-order valence-electron chi connectivity index (χ2n) is 5.26. The highest BCUT2D eigenvalue weighted by Crippen LogP contribution is 2.25. The normalized spacial score (nSPS) is 14.4. The number of benzene rings is 1. The summed E-state index contributed by atoms with van der Waals surface area (Å²) in [6.07, 6.45) is 5.65. The number of hydrogen-bond acceptors (Lipinski definition) is 4. The Morgan fingerprint density at radius 2 is 2.15 bits per heavy atom. The standard InChI is InChI=1S/C16H21N3O/c1-20-14-5-6-15-12(11-14)7-10-19-16(15)18-9-2-8-17-13-3-4-13/h5-7,10-11,13,17H,2-4,8-9H2,1H3,(H,18,19). The Hall–Kier alpha value is -1.81. The Morgan fingerprint density at radius 3 is 2.95 bits per heavy atom. The molecule has 0 atom stereocenters. The van der Waals surface area contributed by atoms with Crippen LogP contribution in [-0.2, 0) is 0 Å². The molecule has 0 aliphatic heterocycles. The first-order valence-electron chi connectivity index (χ1n) is 7.27. The molecule has 2 N–H and O–H groups in total. The largest absolute Gasteiger partial charge is 0.497 e. The Kier molecular flexibility index (Phi) is 4.02. The fraction of sp³-hybridized carbons (Fsp3) is 0.438. The van der Waals surface area contributed by atoms with Gasteiger partial charge in [-0.1, -0.05) is 0 Å². The lowest BCUT2D eigenvalue weighted by Gasteiger charge is -2.10. The molecule has 0 amide bonds. The number of rotatable bonds is 7. The number of nitrogens with one attached hydrogen (secondary N) is 2. The Balaban J connectivity index is 1.61. The summed E-state index contributed by atoms with van der Waals surface area (Å²) in [4.78, 5) is 4.44. The molecule has 0 unspecified atom stereocenters. The zero-order valence-corrected chi connectivity index (χ0v) is 11.9. The predicted octanol–water partition coefficient (Wildman–Crippen LogP) is 2.80. The number of aromatic nitrogens is 1. The molecule has 2 aromatic rings. The van der Waals surface area contributed by atoms with Crippen molar-refractivity contribution in [3.05, 3.63) is 30.5 Å². The molecule has 1 aliphatic rings. The van der Waals surface area contributed by atoms with Crippen molar-refractivity contribution >= 4 is 16.6 Å². The van der Waals surface area contributed by atoms with Gasteiger partial charge in [-0.3, -0.25) is 0 Å². The molecule has 4 heteroatoms. The third kappa shape index (κ3) is 3.20. The van der Waals surface area contributed by atoms with Gasteiger partial charge in [-0.15, -0.1) is 0 Å². The molecule has 0 spiro atoms. The fourth-order valence-electron chi connectivity index (χ4n) is 2.31. The van der Waals surface area contributed by atoms with Gasteiger partial charge in [0.25, 0.3) is 0 Å². The second-order valence-corrected chi connectivity index (χ2v) is 5.26. The first kappa shape index (κ1) is 13.2. The van der Waals surface area contributed by atoms with Crippen LogP contribution >= 0.6 is 0 Å². The summed E-state index contributed by atoms with van der Waals surface area (Å²) in [5.74, 6) is 1.83. The van der Waals surface area contributed by atoms with E-state index in [1.54, 1.807) is 7.11 Å². The molecule has 1 aromatic heterocycles. The van der Waals surface area contributed by atoms with Crippen LogP contribution in [0.5, 0.6) is 5.75 Å². The monoisotopic (exact) mass is 271 g/mol. The van der Waals surface area contributed by atoms with Crippen LogP contribution < -0.4 is 15.4 Å². The molecule has 1 fully saturated rings. The summed E-state index contributed by atoms with van der Waals surface area (Å²) in [5, 5.41) is 9.24. The maximum Gasteiger partial charge on any atom is 0.133 e. The van der Waals surface area contributed by atoms with Crippen LogP contribution in [0.4, 0.5) is 5.82 Å². The number of fused-ring (bicyclic) bond motifs is 1. The van der Waals surface area contributed by atoms with Gasteiger partial charge < -0.3 is 15.4 Å². The van der Waals surface area contributed by atoms with Crippen LogP contribution in [0.25, 0.3) is 10.8 Å². The first-order chi connectivity index (χ1) is 9.86. The minimum absolute atomic E-state index is 0.790. The number of pyridine rings is 1. The van der Waals surface area contributed by atoms with E-state index in [0.29, 0.717) is 0 Å². The van der Waals surface area contributed by atoms with Gasteiger partial charge in [0, 0.05) is 24.2 Å². The highest BCUT2D eigenvalue weighted by molar-refractivity contribution is 5.92. The van der Waals surface area contributed by atoms with Crippen molar-refractivity contribution in [1.29, 1.82) is 0 Å². The zero-order chi connectivity index (χ0) is 13.8. The van der Waals surface area contributed by atoms with Crippen LogP contribution in [0.1, 0.15) is 19.3 Å². The average molecular weight is 271 g/mol. The molecule has 1 aliphatic carbocycles. The molecule has 1 heterocycles. The average Bonchev–Trinajstić information content (AvgIpc) is 3.30. The lowest BCUT2D eigenvalue weighted by molar-refractivity contribution is 0.415. The van der Waals surface area contributed by atoms with Gasteiger partial charge in [0.15, 0.2) is 0 Å². The van der Waals surface area contributed by atoms with Gasteiger partial charge >= 0.3 is 0 Å². The Bertz CT molecular complexity index is 581. The smallest absolute Gasteiger partial charge is 0.133 e. The van der Waals surface area contributed by atoms with Gasteiger partial charge in [0.1, 0.15) is 11.6 Å². The third-order valence-electron chi connectivity index (χ3n) is 3.63. The quantitative estimate of drug-likeness (QED) is 0.760. The van der Waals surface area contributed by atoms with Crippen molar-refractivity contribution in [3.8, 4) is 5.75 Å². The van der Waals surface area contributed by atoms with Gasteiger partial charge in [-0.2, -0.15) is 0 Å². The number of ether oxygens (including phenoxy) is 1. The van der Waals surface area contributed by atoms with Crippen LogP contribution in [0.3, 0.4) is 0 Å². The van der Waals surface area contributed by atoms with E-state index in [4.69, 9.17) is 4.74 Å². The van der Waals surface area contributed by atoms with Gasteiger partial charge in [-0.25, -0.2) is 4.98 Å². The van der Waals surface area contributed by atoms with Crippen LogP contribution in [0, 0.1) is 0 Å². The van der Waals surface area contributed by atoms with E-state index in [1.807, 2.05) is 24.4 Å². The van der Waals surface area contributed by atoms with Crippen molar-refractivity contribution in [2.75, 3.05) is 25.5 Å². The summed E-state index contributed by atoms with van der Waals surface area (Å²) in [6, 6.07) is 8.88. The minimum Gasteiger partial charge on any atom is -0.497 e. The van der Waals surface area contributed by atoms with Crippen LogP contribution in [0.2, 0.25) is 0 Å². The number of anilines is 1. The van der Waals surface area contributed by atoms with E-state index in [1.165, 1.54) is 12.8 Å². The first-order valence-corrected chi connectivity index (χ1v) is 7.27. The summed E-state index contributed by atoms with van der Waals surface area (Å²) in [5.41, 5.74) is 0. The predicted molar refractivity (Wildman–Crippen MR) is 82.4 cm³/mol. The van der Waals surface area contributed by atoms with Crippen molar-refractivity contribution in [2.45, 2.75) is 25.3 Å². The molecule has 4 nitrogen and oxygen atoms in total. The lowest BCUT2D eigenvalue weighted by Crippen LogP contribution is -2.20. The highest BCUT2D eigenvalue weighted by Gasteiger charge is 2.19. The maximum atomic E-state index is 5.25. The van der Waals surface area contributed by atoms with Gasteiger partial charge in [0.05, 0.1) is 7.11 Å². The lowest BCUT2D eigenvalue weighted by atomic mass is 10.1. The van der Waals surface area contributed by atoms with Crippen molar-refractivity contribution in [2.24, 2.45) is 0 Å². The molecule has 0 radical (unpaired) electrons. The second kappa shape index (κ2) is 6.09. The zero-order valence-electron chi connectivity index (χ0n) is 11.9. The topological polar surface area (TPSA) is 46.2 Å². The Morgan fingerprint density at radius 1 is 1.25 bits per heavy atom. The Labute approximate surface area is 119 Å². The van der Waals surface area contributed by atoms with E-state index in [0.717, 1.165) is 47.9 Å². The number of hydrogen-bond donors (Lipinski definition) is 2. The SMILES string of the molecule is COc1ccc2c(NCCCNC3CC3)nccc2c1. The van der Waals surface area contributed by atoms with Gasteiger partial charge in [0.2, 0.25) is 0 Å². The molecule has 106 valence electrons. The molecular weight excluding hydrogens is 250 g/mol. The molecule has 1 saturated carbocycles. The fourth-order valence-corrected chi connectivity index (χ4v) is 2.31. The minimum atomic E-state index is 0.790. The van der Waals surface area contributed by atoms with E-state index in [2.05, 4.69) is 21.7 Å². The van der Waals surface area contributed by atoms with Crippen molar-refractivity contribution in [3.63, 3.8) is 0 Å². The number of nitrogens with zero attached hydrogens (tertiary/aromatic N) is 1. The van der Waals surface area contributed by atoms with E-state index >= 15 is 0 Å². The molecule has 0 saturated heterocycles. The summed E-state index contributed by atoms with van der Waals surface area (Å²) >= 11 is 0. The van der Waals surface area contributed by atoms with E-state index in [-0.39, 0.29) is 0 Å². The summed E-state index contributed by atoms with van der Waals surface area (Å²) in [6.45, 7) is 2.02. The molecule has 3 rings (SSSR count). The molecule has 20 heavy (non-hydrogen) atoms. The summed E-state index contributed by atoms with van der Waals surface area (Å²) in [7, 11) is 1.69. The van der Waals surface area contributed by atoms with E-state index in [9.17, 15) is 0 Å². The van der Waals surface area contributed by atoms with Crippen molar-refractivity contribution in [1.82, 2.24) is 10.3 Å². The third-order valence-corrected chi connectivity index (χ3v) is 3.63. The van der Waals surface area contributed by atoms with Crippen molar-refractivity contribution < 1.29 is 4.74 Å². The van der Waals surface area contributed by atoms with Crippen LogP contribution in [-0.4, -0.2) is 31.2 Å². The van der Waals surface area contributed by atoms with Gasteiger partial charge in [-0.05, 0) is 55.5 Å². The summed E-state index contributed by atoms with van der Waals surface area (Å²) < 4.78 is 5.25. The van der Waals surface area contributed by atoms with Crippen LogP contribution in [0.15, 0.2) is 30.5 Å². The van der Waals surface area contributed by atoms with E-state index < -0.39 is 0 Å². The molecular formula is C16H21N3O. The molecule has 1 aromatic carbocycles. The highest BCUT2D eigenvalue weighted by atomic mass is 16.5. The maximum absolute atomic E-state index is 5.25. The molecule has 0 bridgehead atoms.